The van der Waals surface area contributed by atoms with Crippen LogP contribution in [0.25, 0.3) is 0 Å². The molecule has 0 aliphatic rings. The standard InChI is InChI=1S/C11H25O2Si/c1-10(2,3)14(11(4,5)6)9(12-7)13-8/h9H,1-8H3. The second kappa shape index (κ2) is 4.77. The first kappa shape index (κ1) is 14.1. The largest absolute Gasteiger partial charge is 0.360 e. The Balaban J connectivity index is 4.91. The van der Waals surface area contributed by atoms with Crippen LogP contribution in [0, 0.1) is 0 Å². The van der Waals surface area contributed by atoms with Crippen LogP contribution in [-0.4, -0.2) is 28.9 Å². The van der Waals surface area contributed by atoms with Gasteiger partial charge in [0.15, 0.2) is 0 Å². The molecule has 0 aromatic rings. The van der Waals surface area contributed by atoms with E-state index in [0.717, 1.165) is 0 Å². The van der Waals surface area contributed by atoms with Crippen LogP contribution in [-0.2, 0) is 9.47 Å². The lowest BCUT2D eigenvalue weighted by atomic mass is 10.2. The van der Waals surface area contributed by atoms with E-state index in [9.17, 15) is 0 Å². The van der Waals surface area contributed by atoms with Gasteiger partial charge in [-0.3, -0.25) is 0 Å². The van der Waals surface area contributed by atoms with Crippen LogP contribution >= 0.6 is 0 Å². The summed E-state index contributed by atoms with van der Waals surface area (Å²) in [4.78, 5) is 0. The summed E-state index contributed by atoms with van der Waals surface area (Å²) < 4.78 is 10.9. The Hall–Kier alpha value is 0.137. The Morgan fingerprint density at radius 3 is 1.14 bits per heavy atom. The summed E-state index contributed by atoms with van der Waals surface area (Å²) in [5.74, 6) is -0.0278. The highest BCUT2D eigenvalue weighted by Gasteiger charge is 2.43. The molecule has 0 unspecified atom stereocenters. The van der Waals surface area contributed by atoms with E-state index in [2.05, 4.69) is 41.5 Å². The highest BCUT2D eigenvalue weighted by Crippen LogP contribution is 2.44. The normalized spacial score (nSPS) is 14.1. The SMILES string of the molecule is COC(OC)[Si](C(C)(C)C)C(C)(C)C. The van der Waals surface area contributed by atoms with Gasteiger partial charge in [0.25, 0.3) is 0 Å². The molecule has 0 aliphatic heterocycles. The Bertz CT molecular complexity index is 149. The van der Waals surface area contributed by atoms with E-state index >= 15 is 0 Å². The maximum Gasteiger partial charge on any atom is 0.139 e. The number of hydrogen-bond acceptors (Lipinski definition) is 2. The lowest BCUT2D eigenvalue weighted by Gasteiger charge is -2.42. The van der Waals surface area contributed by atoms with Crippen molar-refractivity contribution in [2.75, 3.05) is 14.2 Å². The molecule has 0 spiro atoms. The van der Waals surface area contributed by atoms with Crippen LogP contribution in [0.5, 0.6) is 0 Å². The fourth-order valence-electron chi connectivity index (χ4n) is 2.16. The van der Waals surface area contributed by atoms with Crippen LogP contribution in [0.15, 0.2) is 0 Å². The van der Waals surface area contributed by atoms with E-state index in [1.165, 1.54) is 0 Å². The first-order valence-electron chi connectivity index (χ1n) is 5.08. The number of hydrogen-bond donors (Lipinski definition) is 0. The number of methoxy groups -OCH3 is 2. The summed E-state index contributed by atoms with van der Waals surface area (Å²) in [6.07, 6.45) is 0. The summed E-state index contributed by atoms with van der Waals surface area (Å²) in [5, 5.41) is 0.555. The lowest BCUT2D eigenvalue weighted by Crippen LogP contribution is -2.47. The number of rotatable bonds is 3. The van der Waals surface area contributed by atoms with Crippen LogP contribution in [0.2, 0.25) is 10.1 Å². The molecule has 85 valence electrons. The van der Waals surface area contributed by atoms with E-state index in [1.807, 2.05) is 0 Å². The summed E-state index contributed by atoms with van der Waals surface area (Å²) in [6.45, 7) is 13.7. The molecule has 0 saturated carbocycles. The van der Waals surface area contributed by atoms with Crippen LogP contribution in [0.4, 0.5) is 0 Å². The van der Waals surface area contributed by atoms with Crippen LogP contribution in [0.3, 0.4) is 0 Å². The van der Waals surface area contributed by atoms with Gasteiger partial charge in [0.1, 0.15) is 14.7 Å². The minimum atomic E-state index is -0.760. The molecule has 14 heavy (non-hydrogen) atoms. The van der Waals surface area contributed by atoms with Crippen molar-refractivity contribution in [1.82, 2.24) is 0 Å². The average Bonchev–Trinajstić information content (AvgIpc) is 1.94. The smallest absolute Gasteiger partial charge is 0.139 e. The molecule has 0 aromatic heterocycles. The molecule has 0 saturated heterocycles. The summed E-state index contributed by atoms with van der Waals surface area (Å²) in [7, 11) is 2.70. The lowest BCUT2D eigenvalue weighted by molar-refractivity contribution is -0.0512. The molecule has 0 amide bonds. The van der Waals surface area contributed by atoms with E-state index in [-0.39, 0.29) is 16.0 Å². The maximum absolute atomic E-state index is 5.44. The molecule has 0 aromatic carbocycles. The average molecular weight is 217 g/mol. The van der Waals surface area contributed by atoms with Gasteiger partial charge < -0.3 is 9.47 Å². The van der Waals surface area contributed by atoms with E-state index in [0.29, 0.717) is 0 Å². The Labute approximate surface area is 90.6 Å². The second-order valence-corrected chi connectivity index (χ2v) is 10.0. The quantitative estimate of drug-likeness (QED) is 0.534. The van der Waals surface area contributed by atoms with Gasteiger partial charge >= 0.3 is 0 Å². The zero-order chi connectivity index (χ0) is 11.6. The van der Waals surface area contributed by atoms with Crippen LogP contribution < -0.4 is 0 Å². The minimum Gasteiger partial charge on any atom is -0.360 e. The predicted octanol–water partition coefficient (Wildman–Crippen LogP) is 3.24. The summed E-state index contributed by atoms with van der Waals surface area (Å²) >= 11 is 0. The molecule has 0 bridgehead atoms. The van der Waals surface area contributed by atoms with Gasteiger partial charge in [-0.2, -0.15) is 0 Å². The first-order chi connectivity index (χ1) is 6.14. The fraction of sp³-hybridized carbons (Fsp3) is 1.00. The highest BCUT2D eigenvalue weighted by molar-refractivity contribution is 6.66. The van der Waals surface area contributed by atoms with Gasteiger partial charge in [-0.25, -0.2) is 0 Å². The van der Waals surface area contributed by atoms with Crippen molar-refractivity contribution in [3.05, 3.63) is 0 Å². The van der Waals surface area contributed by atoms with E-state index in [4.69, 9.17) is 9.47 Å². The van der Waals surface area contributed by atoms with Crippen molar-refractivity contribution in [3.63, 3.8) is 0 Å². The fourth-order valence-corrected chi connectivity index (χ4v) is 6.30. The first-order valence-corrected chi connectivity index (χ1v) is 6.65. The van der Waals surface area contributed by atoms with Gasteiger partial charge in [0.2, 0.25) is 0 Å². The van der Waals surface area contributed by atoms with Gasteiger partial charge in [0, 0.05) is 14.2 Å². The van der Waals surface area contributed by atoms with E-state index in [1.54, 1.807) is 14.2 Å². The highest BCUT2D eigenvalue weighted by atomic mass is 28.3. The molecular formula is C11H25O2Si. The van der Waals surface area contributed by atoms with Crippen molar-refractivity contribution in [2.45, 2.75) is 57.5 Å². The molecule has 3 heteroatoms. The zero-order valence-corrected chi connectivity index (χ0v) is 11.9. The van der Waals surface area contributed by atoms with Crippen molar-refractivity contribution in [3.8, 4) is 0 Å². The van der Waals surface area contributed by atoms with Crippen molar-refractivity contribution in [2.24, 2.45) is 0 Å². The topological polar surface area (TPSA) is 18.5 Å². The Kier molecular flexibility index (Phi) is 4.82. The van der Waals surface area contributed by atoms with Crippen molar-refractivity contribution < 1.29 is 9.47 Å². The van der Waals surface area contributed by atoms with Gasteiger partial charge in [0.05, 0.1) is 0 Å². The monoisotopic (exact) mass is 217 g/mol. The van der Waals surface area contributed by atoms with Crippen molar-refractivity contribution >= 4 is 8.80 Å². The maximum atomic E-state index is 5.44. The van der Waals surface area contributed by atoms with Crippen LogP contribution in [0.1, 0.15) is 41.5 Å². The molecule has 1 radical (unpaired) electrons. The summed E-state index contributed by atoms with van der Waals surface area (Å²) in [5.41, 5.74) is 0. The summed E-state index contributed by atoms with van der Waals surface area (Å²) in [6, 6.07) is 0. The van der Waals surface area contributed by atoms with E-state index < -0.39 is 8.80 Å². The molecule has 0 heterocycles. The molecule has 0 aliphatic carbocycles. The second-order valence-electron chi connectivity index (χ2n) is 5.72. The molecule has 0 N–H and O–H groups in total. The van der Waals surface area contributed by atoms with Gasteiger partial charge in [-0.15, -0.1) is 0 Å². The van der Waals surface area contributed by atoms with Gasteiger partial charge in [-0.05, 0) is 10.1 Å². The molecule has 0 fully saturated rings. The molecule has 0 atom stereocenters. The third-order valence-corrected chi connectivity index (χ3v) is 6.45. The predicted molar refractivity (Wildman–Crippen MR) is 63.0 cm³/mol. The third-order valence-electron chi connectivity index (χ3n) is 2.28. The Morgan fingerprint density at radius 1 is 0.786 bits per heavy atom. The minimum absolute atomic E-state index is 0.0278. The number of ether oxygens (including phenoxy) is 2. The molecule has 0 rings (SSSR count). The van der Waals surface area contributed by atoms with Crippen molar-refractivity contribution in [1.29, 1.82) is 0 Å². The molecule has 2 nitrogen and oxygen atoms in total. The van der Waals surface area contributed by atoms with Gasteiger partial charge in [-0.1, -0.05) is 41.5 Å². The zero-order valence-electron chi connectivity index (χ0n) is 10.9. The third kappa shape index (κ3) is 3.71. The molecular weight excluding hydrogens is 192 g/mol. The Morgan fingerprint density at radius 2 is 1.07 bits per heavy atom.